The third-order valence-electron chi connectivity index (χ3n) is 12.4. The first-order chi connectivity index (χ1) is 33.5. The lowest BCUT2D eigenvalue weighted by atomic mass is 10.0. The second-order valence-electron chi connectivity index (χ2n) is 19.2. The van der Waals surface area contributed by atoms with Crippen LogP contribution >= 0.6 is 0 Å². The van der Waals surface area contributed by atoms with Crippen molar-refractivity contribution in [1.82, 2.24) is 0 Å². The third-order valence-corrected chi connectivity index (χ3v) is 12.4. The van der Waals surface area contributed by atoms with Gasteiger partial charge in [0.2, 0.25) is 0 Å². The van der Waals surface area contributed by atoms with Crippen molar-refractivity contribution in [2.24, 2.45) is 0 Å². The van der Waals surface area contributed by atoms with Crippen LogP contribution in [0.3, 0.4) is 0 Å². The predicted molar refractivity (Wildman–Crippen MR) is 293 cm³/mol. The Balaban J connectivity index is 4.40. The zero-order valence-electron chi connectivity index (χ0n) is 44.9. The van der Waals surface area contributed by atoms with Crippen molar-refractivity contribution in [3.05, 3.63) is 72.9 Å². The van der Waals surface area contributed by atoms with Crippen molar-refractivity contribution >= 4 is 17.9 Å². The molecule has 68 heavy (non-hydrogen) atoms. The highest BCUT2D eigenvalue weighted by Gasteiger charge is 2.19. The maximum absolute atomic E-state index is 12.9. The normalized spacial score (nSPS) is 12.6. The maximum Gasteiger partial charge on any atom is 0.306 e. The first-order valence-corrected chi connectivity index (χ1v) is 28.9. The quantitative estimate of drug-likeness (QED) is 0.0262. The number of unbranched alkanes of at least 4 members (excludes halogenated alkanes) is 29. The standard InChI is InChI=1S/C62H108O6/c1-4-7-10-13-16-19-22-25-28-30-31-33-34-37-40-43-46-49-52-55-61(64)67-58-59(57-66-60(63)54-51-48-45-42-39-36-27-24-21-18-15-12-9-6-3)68-62(65)56-53-50-47-44-41-38-35-32-29-26-23-20-17-14-11-8-5-2/h8,11,16-17,19-20,25-26,28-29,31,33,59H,4-7,9-10,12-15,18,21-24,27,30,32,34-58H2,1-3H3/b11-8-,19-16-,20-17-,28-25-,29-26-,33-31-. The van der Waals surface area contributed by atoms with Gasteiger partial charge in [0.05, 0.1) is 0 Å². The van der Waals surface area contributed by atoms with E-state index >= 15 is 0 Å². The molecule has 0 radical (unpaired) electrons. The first-order valence-electron chi connectivity index (χ1n) is 28.9. The third kappa shape index (κ3) is 53.8. The minimum atomic E-state index is -0.785. The van der Waals surface area contributed by atoms with E-state index in [1.54, 1.807) is 0 Å². The Morgan fingerprint density at radius 2 is 0.574 bits per heavy atom. The average Bonchev–Trinajstić information content (AvgIpc) is 3.34. The van der Waals surface area contributed by atoms with E-state index in [0.717, 1.165) is 103 Å². The fraction of sp³-hybridized carbons (Fsp3) is 0.758. The van der Waals surface area contributed by atoms with Crippen molar-refractivity contribution in [1.29, 1.82) is 0 Å². The number of carbonyl (C=O) groups excluding carboxylic acids is 3. The molecule has 0 saturated heterocycles. The molecule has 0 rings (SSSR count). The second kappa shape index (κ2) is 56.4. The molecule has 0 aliphatic rings. The Hall–Kier alpha value is -3.15. The summed E-state index contributed by atoms with van der Waals surface area (Å²) < 4.78 is 16.9. The number of rotatable bonds is 52. The molecule has 0 saturated carbocycles. The SMILES string of the molecule is CC/C=C\C/C=C\C/C=C\CCCCCCCCCC(=O)OC(COC(=O)CCCCCCCC/C=C\C/C=C\C/C=C\CCCCC)COC(=O)CCCCCCCCCCCCCCCC. The molecule has 0 bridgehead atoms. The van der Waals surface area contributed by atoms with Gasteiger partial charge < -0.3 is 14.2 Å². The Morgan fingerprint density at radius 3 is 0.926 bits per heavy atom. The van der Waals surface area contributed by atoms with Gasteiger partial charge in [-0.2, -0.15) is 0 Å². The molecule has 0 aromatic carbocycles. The molecule has 0 aromatic rings. The molecule has 1 atom stereocenters. The van der Waals surface area contributed by atoms with Gasteiger partial charge in [0.15, 0.2) is 6.10 Å². The highest BCUT2D eigenvalue weighted by atomic mass is 16.6. The van der Waals surface area contributed by atoms with Crippen LogP contribution in [0.25, 0.3) is 0 Å². The Kier molecular flexibility index (Phi) is 53.8. The lowest BCUT2D eigenvalue weighted by Crippen LogP contribution is -2.30. The van der Waals surface area contributed by atoms with Crippen molar-refractivity contribution < 1.29 is 28.6 Å². The molecular formula is C62H108O6. The van der Waals surface area contributed by atoms with Gasteiger partial charge in [-0.3, -0.25) is 14.4 Å². The van der Waals surface area contributed by atoms with Crippen LogP contribution in [-0.4, -0.2) is 37.2 Å². The Morgan fingerprint density at radius 1 is 0.309 bits per heavy atom. The summed E-state index contributed by atoms with van der Waals surface area (Å²) in [6.07, 6.45) is 71.7. The lowest BCUT2D eigenvalue weighted by molar-refractivity contribution is -0.167. The van der Waals surface area contributed by atoms with Crippen molar-refractivity contribution in [2.75, 3.05) is 13.2 Å². The van der Waals surface area contributed by atoms with E-state index in [0.29, 0.717) is 19.3 Å². The molecule has 0 N–H and O–H groups in total. The number of carbonyl (C=O) groups is 3. The van der Waals surface area contributed by atoms with Gasteiger partial charge in [-0.1, -0.05) is 248 Å². The Labute approximate surface area is 421 Å². The maximum atomic E-state index is 12.9. The van der Waals surface area contributed by atoms with Crippen molar-refractivity contribution in [2.45, 2.75) is 290 Å². The monoisotopic (exact) mass is 949 g/mol. The molecule has 0 aromatic heterocycles. The van der Waals surface area contributed by atoms with E-state index in [1.807, 2.05) is 0 Å². The molecule has 0 heterocycles. The molecule has 0 aliphatic heterocycles. The van der Waals surface area contributed by atoms with E-state index in [9.17, 15) is 14.4 Å². The number of ether oxygens (including phenoxy) is 3. The van der Waals surface area contributed by atoms with Crippen LogP contribution in [0.15, 0.2) is 72.9 Å². The molecule has 0 aliphatic carbocycles. The molecule has 0 amide bonds. The topological polar surface area (TPSA) is 78.9 Å². The van der Waals surface area contributed by atoms with Gasteiger partial charge in [-0.25, -0.2) is 0 Å². The average molecular weight is 950 g/mol. The molecule has 0 fully saturated rings. The van der Waals surface area contributed by atoms with Crippen molar-refractivity contribution in [3.8, 4) is 0 Å². The summed E-state index contributed by atoms with van der Waals surface area (Å²) in [6.45, 7) is 6.51. The van der Waals surface area contributed by atoms with E-state index in [2.05, 4.69) is 93.7 Å². The van der Waals surface area contributed by atoms with Crippen LogP contribution in [0.4, 0.5) is 0 Å². The Bertz CT molecular complexity index is 1270. The molecule has 0 spiro atoms. The summed E-state index contributed by atoms with van der Waals surface area (Å²) in [5.74, 6) is -0.895. The highest BCUT2D eigenvalue weighted by Crippen LogP contribution is 2.16. The van der Waals surface area contributed by atoms with E-state index < -0.39 is 6.10 Å². The van der Waals surface area contributed by atoms with Gasteiger partial charge in [0.1, 0.15) is 13.2 Å². The number of hydrogen-bond acceptors (Lipinski definition) is 6. The molecule has 1 unspecified atom stereocenters. The summed E-state index contributed by atoms with van der Waals surface area (Å²) in [7, 11) is 0. The van der Waals surface area contributed by atoms with Gasteiger partial charge in [-0.05, 0) is 89.9 Å². The van der Waals surface area contributed by atoms with Gasteiger partial charge in [-0.15, -0.1) is 0 Å². The lowest BCUT2D eigenvalue weighted by Gasteiger charge is -2.18. The second-order valence-corrected chi connectivity index (χ2v) is 19.2. The van der Waals surface area contributed by atoms with Gasteiger partial charge in [0.25, 0.3) is 0 Å². The number of allylic oxidation sites excluding steroid dienone is 12. The van der Waals surface area contributed by atoms with Crippen LogP contribution in [0, 0.1) is 0 Å². The first kappa shape index (κ1) is 64.8. The minimum Gasteiger partial charge on any atom is -0.462 e. The van der Waals surface area contributed by atoms with Crippen molar-refractivity contribution in [3.63, 3.8) is 0 Å². The fourth-order valence-corrected chi connectivity index (χ4v) is 8.11. The number of hydrogen-bond donors (Lipinski definition) is 0. The zero-order chi connectivity index (χ0) is 49.3. The summed E-state index contributed by atoms with van der Waals surface area (Å²) >= 11 is 0. The van der Waals surface area contributed by atoms with E-state index in [1.165, 1.54) is 141 Å². The molecular weight excluding hydrogens is 841 g/mol. The van der Waals surface area contributed by atoms with E-state index in [-0.39, 0.29) is 31.1 Å². The minimum absolute atomic E-state index is 0.0816. The van der Waals surface area contributed by atoms with Crippen LogP contribution in [0.5, 0.6) is 0 Å². The summed E-state index contributed by atoms with van der Waals surface area (Å²) in [5, 5.41) is 0. The number of esters is 3. The van der Waals surface area contributed by atoms with Crippen LogP contribution in [-0.2, 0) is 28.6 Å². The smallest absolute Gasteiger partial charge is 0.306 e. The van der Waals surface area contributed by atoms with E-state index in [4.69, 9.17) is 14.2 Å². The fourth-order valence-electron chi connectivity index (χ4n) is 8.11. The predicted octanol–water partition coefficient (Wildman–Crippen LogP) is 19.4. The molecule has 6 nitrogen and oxygen atoms in total. The molecule has 6 heteroatoms. The highest BCUT2D eigenvalue weighted by molar-refractivity contribution is 5.71. The summed E-state index contributed by atoms with van der Waals surface area (Å²) in [4.78, 5) is 38.2. The zero-order valence-corrected chi connectivity index (χ0v) is 44.9. The van der Waals surface area contributed by atoms with Gasteiger partial charge >= 0.3 is 17.9 Å². The van der Waals surface area contributed by atoms with Crippen LogP contribution in [0.1, 0.15) is 284 Å². The van der Waals surface area contributed by atoms with Gasteiger partial charge in [0, 0.05) is 19.3 Å². The van der Waals surface area contributed by atoms with Crippen LogP contribution in [0.2, 0.25) is 0 Å². The summed E-state index contributed by atoms with van der Waals surface area (Å²) in [5.41, 5.74) is 0. The molecule has 392 valence electrons. The largest absolute Gasteiger partial charge is 0.462 e. The van der Waals surface area contributed by atoms with Crippen LogP contribution < -0.4 is 0 Å². The summed E-state index contributed by atoms with van der Waals surface area (Å²) in [6, 6.07) is 0.